The summed E-state index contributed by atoms with van der Waals surface area (Å²) >= 11 is 1.66. The summed E-state index contributed by atoms with van der Waals surface area (Å²) < 4.78 is 0. The summed E-state index contributed by atoms with van der Waals surface area (Å²) in [6.07, 6.45) is 0. The van der Waals surface area contributed by atoms with Crippen molar-refractivity contribution in [2.24, 2.45) is 0 Å². The van der Waals surface area contributed by atoms with Crippen molar-refractivity contribution in [3.05, 3.63) is 21.9 Å². The lowest BCUT2D eigenvalue weighted by Gasteiger charge is -2.27. The Morgan fingerprint density at radius 3 is 2.94 bits per heavy atom. The Hall–Kier alpha value is -1.40. The van der Waals surface area contributed by atoms with Crippen molar-refractivity contribution in [1.82, 2.24) is 15.5 Å². The van der Waals surface area contributed by atoms with E-state index in [1.165, 1.54) is 10.4 Å². The Morgan fingerprint density at radius 1 is 1.61 bits per heavy atom. The van der Waals surface area contributed by atoms with Gasteiger partial charge in [-0.2, -0.15) is 0 Å². The minimum Gasteiger partial charge on any atom is -0.353 e. The lowest BCUT2D eigenvalue weighted by molar-refractivity contribution is -0.134. The normalized spacial score (nSPS) is 19.4. The van der Waals surface area contributed by atoms with Crippen LogP contribution in [0.3, 0.4) is 0 Å². The van der Waals surface area contributed by atoms with Crippen LogP contribution in [-0.4, -0.2) is 42.9 Å². The summed E-state index contributed by atoms with van der Waals surface area (Å²) in [7, 11) is 1.79. The van der Waals surface area contributed by atoms with Gasteiger partial charge < -0.3 is 10.2 Å². The fraction of sp³-hybridized carbons (Fsp3) is 0.500. The van der Waals surface area contributed by atoms with E-state index in [0.717, 1.165) is 0 Å². The Labute approximate surface area is 110 Å². The van der Waals surface area contributed by atoms with E-state index in [1.54, 1.807) is 23.3 Å². The molecule has 2 amide bonds. The summed E-state index contributed by atoms with van der Waals surface area (Å²) in [6.45, 7) is 3.24. The quantitative estimate of drug-likeness (QED) is 0.817. The van der Waals surface area contributed by atoms with Crippen molar-refractivity contribution in [3.63, 3.8) is 0 Å². The first kappa shape index (κ1) is 13.0. The Kier molecular flexibility index (Phi) is 3.98. The molecule has 2 rings (SSSR count). The van der Waals surface area contributed by atoms with Crippen LogP contribution in [-0.2, 0) is 16.1 Å². The number of amides is 2. The predicted molar refractivity (Wildman–Crippen MR) is 70.3 cm³/mol. The fourth-order valence-electron chi connectivity index (χ4n) is 1.87. The molecule has 0 bridgehead atoms. The van der Waals surface area contributed by atoms with E-state index in [0.29, 0.717) is 13.1 Å². The van der Waals surface area contributed by atoms with Gasteiger partial charge in [0.2, 0.25) is 11.8 Å². The maximum Gasteiger partial charge on any atom is 0.241 e. The van der Waals surface area contributed by atoms with Crippen LogP contribution in [0.25, 0.3) is 0 Å². The van der Waals surface area contributed by atoms with E-state index >= 15 is 0 Å². The molecule has 2 N–H and O–H groups in total. The zero-order valence-electron chi connectivity index (χ0n) is 10.5. The maximum absolute atomic E-state index is 12.2. The number of piperazine rings is 1. The third kappa shape index (κ3) is 2.88. The van der Waals surface area contributed by atoms with Gasteiger partial charge in [0, 0.05) is 18.5 Å². The Bertz CT molecular complexity index is 448. The van der Waals surface area contributed by atoms with Crippen molar-refractivity contribution in [2.75, 3.05) is 20.1 Å². The van der Waals surface area contributed by atoms with Crippen LogP contribution in [0.1, 0.15) is 10.4 Å². The topological polar surface area (TPSA) is 61.4 Å². The average Bonchev–Trinajstić information content (AvgIpc) is 2.75. The average molecular weight is 267 g/mol. The standard InChI is InChI=1S/C12H17N3O2S/c1-8-3-4-18-10(8)7-15(2)12(17)9-5-14-11(16)6-13-9/h3-4,9,13H,5-7H2,1-2H3,(H,14,16). The largest absolute Gasteiger partial charge is 0.353 e. The summed E-state index contributed by atoms with van der Waals surface area (Å²) in [6, 6.07) is 1.74. The van der Waals surface area contributed by atoms with Crippen LogP contribution < -0.4 is 10.6 Å². The second-order valence-corrected chi connectivity index (χ2v) is 5.46. The molecule has 0 aromatic carbocycles. The Morgan fingerprint density at radius 2 is 2.39 bits per heavy atom. The van der Waals surface area contributed by atoms with E-state index in [2.05, 4.69) is 16.7 Å². The lowest BCUT2D eigenvalue weighted by Crippen LogP contribution is -2.58. The zero-order valence-corrected chi connectivity index (χ0v) is 11.3. The molecule has 18 heavy (non-hydrogen) atoms. The van der Waals surface area contributed by atoms with Crippen LogP contribution in [0.5, 0.6) is 0 Å². The Balaban J connectivity index is 1.92. The van der Waals surface area contributed by atoms with E-state index in [9.17, 15) is 9.59 Å². The molecule has 1 aliphatic rings. The molecular weight excluding hydrogens is 250 g/mol. The van der Waals surface area contributed by atoms with Gasteiger partial charge in [-0.3, -0.25) is 14.9 Å². The van der Waals surface area contributed by atoms with E-state index in [-0.39, 0.29) is 24.4 Å². The highest BCUT2D eigenvalue weighted by Crippen LogP contribution is 2.17. The van der Waals surface area contributed by atoms with Crippen LogP contribution >= 0.6 is 11.3 Å². The van der Waals surface area contributed by atoms with Crippen molar-refractivity contribution < 1.29 is 9.59 Å². The summed E-state index contributed by atoms with van der Waals surface area (Å²) in [5.41, 5.74) is 1.21. The minimum atomic E-state index is -0.312. The molecule has 5 nitrogen and oxygen atoms in total. The minimum absolute atomic E-state index is 0.0165. The molecule has 0 radical (unpaired) electrons. The molecule has 0 saturated carbocycles. The van der Waals surface area contributed by atoms with Crippen LogP contribution in [0.15, 0.2) is 11.4 Å². The first-order chi connectivity index (χ1) is 8.58. The molecule has 0 aliphatic carbocycles. The molecule has 0 spiro atoms. The number of rotatable bonds is 3. The number of likely N-dealkylation sites (N-methyl/N-ethyl adjacent to an activating group) is 1. The third-order valence-corrected chi connectivity index (χ3v) is 4.04. The van der Waals surface area contributed by atoms with Gasteiger partial charge >= 0.3 is 0 Å². The molecule has 1 aliphatic heterocycles. The highest BCUT2D eigenvalue weighted by molar-refractivity contribution is 7.10. The summed E-state index contributed by atoms with van der Waals surface area (Å²) in [5.74, 6) is -0.0430. The van der Waals surface area contributed by atoms with Gasteiger partial charge in [0.05, 0.1) is 13.1 Å². The second kappa shape index (κ2) is 5.49. The molecular formula is C12H17N3O2S. The maximum atomic E-state index is 12.2. The lowest BCUT2D eigenvalue weighted by atomic mass is 10.2. The summed E-state index contributed by atoms with van der Waals surface area (Å²) in [5, 5.41) is 7.67. The molecule has 2 heterocycles. The smallest absolute Gasteiger partial charge is 0.241 e. The van der Waals surface area contributed by atoms with Gasteiger partial charge in [-0.25, -0.2) is 0 Å². The van der Waals surface area contributed by atoms with Gasteiger partial charge in [0.15, 0.2) is 0 Å². The van der Waals surface area contributed by atoms with Gasteiger partial charge in [0.1, 0.15) is 6.04 Å². The van der Waals surface area contributed by atoms with E-state index < -0.39 is 0 Å². The molecule has 6 heteroatoms. The molecule has 1 saturated heterocycles. The highest BCUT2D eigenvalue weighted by Gasteiger charge is 2.26. The SMILES string of the molecule is Cc1ccsc1CN(C)C(=O)C1CNC(=O)CN1. The fourth-order valence-corrected chi connectivity index (χ4v) is 2.83. The number of thiophene rings is 1. The number of carbonyl (C=O) groups is 2. The second-order valence-electron chi connectivity index (χ2n) is 4.46. The van der Waals surface area contributed by atoms with E-state index in [1.807, 2.05) is 12.3 Å². The van der Waals surface area contributed by atoms with Crippen molar-refractivity contribution in [1.29, 1.82) is 0 Å². The van der Waals surface area contributed by atoms with Crippen LogP contribution in [0, 0.1) is 6.92 Å². The summed E-state index contributed by atoms with van der Waals surface area (Å²) in [4.78, 5) is 26.1. The van der Waals surface area contributed by atoms with Gasteiger partial charge in [-0.1, -0.05) is 0 Å². The van der Waals surface area contributed by atoms with Crippen molar-refractivity contribution in [2.45, 2.75) is 19.5 Å². The van der Waals surface area contributed by atoms with Crippen molar-refractivity contribution >= 4 is 23.2 Å². The number of aryl methyl sites for hydroxylation is 1. The number of nitrogens with zero attached hydrogens (tertiary/aromatic N) is 1. The monoisotopic (exact) mass is 267 g/mol. The van der Waals surface area contributed by atoms with Gasteiger partial charge in [-0.05, 0) is 23.9 Å². The molecule has 98 valence electrons. The third-order valence-electron chi connectivity index (χ3n) is 3.04. The first-order valence-electron chi connectivity index (χ1n) is 5.86. The molecule has 1 aromatic heterocycles. The molecule has 1 unspecified atom stereocenters. The molecule has 1 atom stereocenters. The predicted octanol–water partition coefficient (Wildman–Crippen LogP) is 0.103. The van der Waals surface area contributed by atoms with Crippen LogP contribution in [0.4, 0.5) is 0 Å². The van der Waals surface area contributed by atoms with Gasteiger partial charge in [-0.15, -0.1) is 11.3 Å². The number of hydrogen-bond donors (Lipinski definition) is 2. The molecule has 1 aromatic rings. The molecule has 1 fully saturated rings. The van der Waals surface area contributed by atoms with Gasteiger partial charge in [0.25, 0.3) is 0 Å². The van der Waals surface area contributed by atoms with Crippen molar-refractivity contribution in [3.8, 4) is 0 Å². The highest BCUT2D eigenvalue weighted by atomic mass is 32.1. The number of hydrogen-bond acceptors (Lipinski definition) is 4. The first-order valence-corrected chi connectivity index (χ1v) is 6.74. The zero-order chi connectivity index (χ0) is 13.1. The van der Waals surface area contributed by atoms with Crippen LogP contribution in [0.2, 0.25) is 0 Å². The number of nitrogens with one attached hydrogen (secondary N) is 2. The van der Waals surface area contributed by atoms with E-state index in [4.69, 9.17) is 0 Å². The number of carbonyl (C=O) groups excluding carboxylic acids is 2.